The maximum atomic E-state index is 12.4. The van der Waals surface area contributed by atoms with Crippen LogP contribution in [0.4, 0.5) is 5.69 Å². The molecule has 0 bridgehead atoms. The molecule has 0 aromatic heterocycles. The first-order chi connectivity index (χ1) is 10.2. The van der Waals surface area contributed by atoms with E-state index in [1.165, 1.54) is 11.1 Å². The van der Waals surface area contributed by atoms with Crippen LogP contribution in [-0.2, 0) is 17.6 Å². The van der Waals surface area contributed by atoms with Crippen molar-refractivity contribution in [3.05, 3.63) is 28.8 Å². The van der Waals surface area contributed by atoms with Crippen LogP contribution in [0.5, 0.6) is 0 Å². The molecule has 2 heterocycles. The molecule has 1 aromatic rings. The van der Waals surface area contributed by atoms with Gasteiger partial charge in [0.2, 0.25) is 5.91 Å². The minimum absolute atomic E-state index is 0.241. The van der Waals surface area contributed by atoms with Crippen LogP contribution in [0.2, 0.25) is 0 Å². The summed E-state index contributed by atoms with van der Waals surface area (Å²) in [5.41, 5.74) is 4.37. The van der Waals surface area contributed by atoms with Gasteiger partial charge in [-0.15, -0.1) is 0 Å². The Bertz CT molecular complexity index is 560. The number of ketones is 1. The van der Waals surface area contributed by atoms with Gasteiger partial charge in [0.05, 0.1) is 5.69 Å². The molecule has 0 saturated carbocycles. The summed E-state index contributed by atoms with van der Waals surface area (Å²) >= 11 is 0. The summed E-state index contributed by atoms with van der Waals surface area (Å²) in [5, 5.41) is 0. The minimum Gasteiger partial charge on any atom is -0.312 e. The summed E-state index contributed by atoms with van der Waals surface area (Å²) in [4.78, 5) is 26.3. The van der Waals surface area contributed by atoms with E-state index in [4.69, 9.17) is 0 Å². The van der Waals surface area contributed by atoms with Crippen molar-refractivity contribution in [3.63, 3.8) is 0 Å². The second kappa shape index (κ2) is 6.00. The van der Waals surface area contributed by atoms with Crippen molar-refractivity contribution in [1.82, 2.24) is 0 Å². The van der Waals surface area contributed by atoms with Gasteiger partial charge in [0.1, 0.15) is 0 Å². The molecule has 3 nitrogen and oxygen atoms in total. The Labute approximate surface area is 126 Å². The van der Waals surface area contributed by atoms with E-state index in [0.717, 1.165) is 56.3 Å². The third kappa shape index (κ3) is 2.74. The topological polar surface area (TPSA) is 37.4 Å². The molecule has 0 spiro atoms. The van der Waals surface area contributed by atoms with E-state index in [9.17, 15) is 9.59 Å². The third-order valence-corrected chi connectivity index (χ3v) is 4.60. The number of unbranched alkanes of at least 4 members (excludes halogenated alkanes) is 2. The number of rotatable bonds is 5. The van der Waals surface area contributed by atoms with Crippen LogP contribution in [0.3, 0.4) is 0 Å². The summed E-state index contributed by atoms with van der Waals surface area (Å²) in [6, 6.07) is 4.08. The summed E-state index contributed by atoms with van der Waals surface area (Å²) in [6.45, 7) is 2.99. The quantitative estimate of drug-likeness (QED) is 0.611. The first-order valence-electron chi connectivity index (χ1n) is 8.20. The molecule has 2 aliphatic rings. The van der Waals surface area contributed by atoms with Crippen LogP contribution >= 0.6 is 0 Å². The number of hydrogen-bond acceptors (Lipinski definition) is 2. The maximum absolute atomic E-state index is 12.4. The van der Waals surface area contributed by atoms with Gasteiger partial charge in [-0.2, -0.15) is 0 Å². The highest BCUT2D eigenvalue weighted by Crippen LogP contribution is 2.36. The van der Waals surface area contributed by atoms with E-state index in [-0.39, 0.29) is 11.7 Å². The van der Waals surface area contributed by atoms with E-state index < -0.39 is 0 Å². The van der Waals surface area contributed by atoms with Gasteiger partial charge in [-0.3, -0.25) is 9.59 Å². The molecule has 1 amide bonds. The predicted molar refractivity (Wildman–Crippen MR) is 83.9 cm³/mol. The first-order valence-corrected chi connectivity index (χ1v) is 8.20. The normalized spacial score (nSPS) is 16.8. The Morgan fingerprint density at radius 1 is 1.14 bits per heavy atom. The molecule has 0 unspecified atom stereocenters. The van der Waals surface area contributed by atoms with Gasteiger partial charge in [-0.25, -0.2) is 0 Å². The van der Waals surface area contributed by atoms with Gasteiger partial charge in [0.15, 0.2) is 5.78 Å². The number of benzene rings is 1. The number of hydrogen-bond donors (Lipinski definition) is 0. The number of amides is 1. The molecule has 112 valence electrons. The Hall–Kier alpha value is -1.64. The van der Waals surface area contributed by atoms with E-state index in [1.54, 1.807) is 0 Å². The summed E-state index contributed by atoms with van der Waals surface area (Å²) in [6.07, 6.45) is 7.24. The molecule has 1 aromatic carbocycles. The molecule has 0 radical (unpaired) electrons. The van der Waals surface area contributed by atoms with Gasteiger partial charge in [-0.05, 0) is 48.9 Å². The average Bonchev–Trinajstić information content (AvgIpc) is 2.50. The average molecular weight is 285 g/mol. The van der Waals surface area contributed by atoms with Crippen LogP contribution in [-0.4, -0.2) is 18.2 Å². The lowest BCUT2D eigenvalue weighted by Gasteiger charge is -2.35. The summed E-state index contributed by atoms with van der Waals surface area (Å²) in [5.74, 6) is 0.502. The minimum atomic E-state index is 0.241. The fourth-order valence-corrected chi connectivity index (χ4v) is 3.49. The molecule has 0 atom stereocenters. The molecule has 0 saturated heterocycles. The third-order valence-electron chi connectivity index (χ3n) is 4.60. The summed E-state index contributed by atoms with van der Waals surface area (Å²) in [7, 11) is 0. The Morgan fingerprint density at radius 2 is 1.90 bits per heavy atom. The molecule has 0 N–H and O–H groups in total. The molecule has 0 aliphatic carbocycles. The van der Waals surface area contributed by atoms with Crippen LogP contribution in [0.15, 0.2) is 12.1 Å². The molecular weight excluding hydrogens is 262 g/mol. The highest BCUT2D eigenvalue weighted by Gasteiger charge is 2.30. The van der Waals surface area contributed by atoms with Crippen LogP contribution in [0, 0.1) is 0 Å². The second-order valence-corrected chi connectivity index (χ2v) is 6.17. The second-order valence-electron chi connectivity index (χ2n) is 6.17. The number of anilines is 1. The Morgan fingerprint density at radius 3 is 2.67 bits per heavy atom. The van der Waals surface area contributed by atoms with Gasteiger partial charge < -0.3 is 4.90 Å². The van der Waals surface area contributed by atoms with Crippen molar-refractivity contribution in [2.75, 3.05) is 11.4 Å². The fraction of sp³-hybridized carbons (Fsp3) is 0.556. The van der Waals surface area contributed by atoms with E-state index >= 15 is 0 Å². The molecular formula is C18H23NO2. The number of carbonyl (C=O) groups is 2. The van der Waals surface area contributed by atoms with Crippen molar-refractivity contribution in [2.45, 2.75) is 58.3 Å². The maximum Gasteiger partial charge on any atom is 0.227 e. The molecule has 0 fully saturated rings. The zero-order valence-corrected chi connectivity index (χ0v) is 12.8. The van der Waals surface area contributed by atoms with Gasteiger partial charge in [0, 0.05) is 24.9 Å². The van der Waals surface area contributed by atoms with E-state index in [2.05, 4.69) is 6.92 Å². The largest absolute Gasteiger partial charge is 0.312 e. The van der Waals surface area contributed by atoms with E-state index in [0.29, 0.717) is 12.8 Å². The number of aryl methyl sites for hydroxylation is 2. The molecule has 3 rings (SSSR count). The van der Waals surface area contributed by atoms with Crippen LogP contribution < -0.4 is 4.90 Å². The Balaban J connectivity index is 1.89. The highest BCUT2D eigenvalue weighted by atomic mass is 16.2. The molecule has 3 heteroatoms. The van der Waals surface area contributed by atoms with Crippen molar-refractivity contribution in [3.8, 4) is 0 Å². The van der Waals surface area contributed by atoms with E-state index in [1.807, 2.05) is 17.0 Å². The van der Waals surface area contributed by atoms with Crippen molar-refractivity contribution in [1.29, 1.82) is 0 Å². The lowest BCUT2D eigenvalue weighted by atomic mass is 9.88. The standard InChI is InChI=1S/C18H23NO2/c1-2-3-4-7-16(20)15-11-13-6-5-10-19-17(21)9-8-14(12-15)18(13)19/h11-12H,2-10H2,1H3. The van der Waals surface area contributed by atoms with Crippen molar-refractivity contribution >= 4 is 17.4 Å². The van der Waals surface area contributed by atoms with Crippen molar-refractivity contribution in [2.24, 2.45) is 0 Å². The lowest BCUT2D eigenvalue weighted by molar-refractivity contribution is -0.119. The van der Waals surface area contributed by atoms with Gasteiger partial charge >= 0.3 is 0 Å². The first kappa shape index (κ1) is 14.3. The fourth-order valence-electron chi connectivity index (χ4n) is 3.49. The lowest BCUT2D eigenvalue weighted by Crippen LogP contribution is -2.39. The van der Waals surface area contributed by atoms with Crippen molar-refractivity contribution < 1.29 is 9.59 Å². The van der Waals surface area contributed by atoms with Crippen LogP contribution in [0.1, 0.15) is 66.9 Å². The monoisotopic (exact) mass is 285 g/mol. The molecule has 2 aliphatic heterocycles. The zero-order valence-electron chi connectivity index (χ0n) is 12.8. The SMILES string of the molecule is CCCCCC(=O)c1cc2c3c(c1)CCC(=O)N3CCC2. The summed E-state index contributed by atoms with van der Waals surface area (Å²) < 4.78 is 0. The smallest absolute Gasteiger partial charge is 0.227 e. The number of carbonyl (C=O) groups excluding carboxylic acids is 2. The van der Waals surface area contributed by atoms with Gasteiger partial charge in [0.25, 0.3) is 0 Å². The number of nitrogens with zero attached hydrogens (tertiary/aromatic N) is 1. The highest BCUT2D eigenvalue weighted by molar-refractivity contribution is 6.01. The zero-order chi connectivity index (χ0) is 14.8. The Kier molecular flexibility index (Phi) is 4.09. The number of Topliss-reactive ketones (excluding diaryl/α,β-unsaturated/α-hetero) is 1. The molecule has 21 heavy (non-hydrogen) atoms. The van der Waals surface area contributed by atoms with Gasteiger partial charge in [-0.1, -0.05) is 19.8 Å². The van der Waals surface area contributed by atoms with Crippen LogP contribution in [0.25, 0.3) is 0 Å². The predicted octanol–water partition coefficient (Wildman–Crippen LogP) is 3.68.